The highest BCUT2D eigenvalue weighted by atomic mass is 16.5. The monoisotopic (exact) mass is 559 g/mol. The van der Waals surface area contributed by atoms with E-state index < -0.39 is 0 Å². The molecule has 2 nitrogen and oxygen atoms in total. The lowest BCUT2D eigenvalue weighted by atomic mass is 9.69. The Labute approximate surface area is 251 Å². The Morgan fingerprint density at radius 2 is 0.750 bits per heavy atom. The van der Waals surface area contributed by atoms with Crippen LogP contribution in [0.15, 0.2) is 12.1 Å². The van der Waals surface area contributed by atoms with Crippen molar-refractivity contribution in [1.29, 1.82) is 0 Å². The third kappa shape index (κ3) is 14.6. The minimum Gasteiger partial charge on any atom is -0.493 e. The summed E-state index contributed by atoms with van der Waals surface area (Å²) in [5.41, 5.74) is 3.04. The molecule has 0 atom stereocenters. The van der Waals surface area contributed by atoms with Crippen LogP contribution in [0.5, 0.6) is 11.5 Å². The second kappa shape index (κ2) is 17.1. The summed E-state index contributed by atoms with van der Waals surface area (Å²) >= 11 is 0. The fourth-order valence-electron chi connectivity index (χ4n) is 6.83. The van der Waals surface area contributed by atoms with Gasteiger partial charge in [0.2, 0.25) is 0 Å². The van der Waals surface area contributed by atoms with Gasteiger partial charge in [0.05, 0.1) is 13.2 Å². The number of rotatable bonds is 20. The zero-order chi connectivity index (χ0) is 30.5. The van der Waals surface area contributed by atoms with Crippen molar-refractivity contribution in [3.63, 3.8) is 0 Å². The molecule has 0 amide bonds. The van der Waals surface area contributed by atoms with Crippen LogP contribution in [0.1, 0.15) is 184 Å². The second-order valence-corrected chi connectivity index (χ2v) is 16.3. The number of unbranched alkanes of at least 4 members (excludes halogenated alkanes) is 10. The SMILES string of the molecule is CCCCCCCCOc1cc(C(C)(C)CC(C)(C)C)c(OCCCCCCCC)cc1C(C)(C)CC(C)(C)C. The van der Waals surface area contributed by atoms with E-state index in [0.29, 0.717) is 0 Å². The van der Waals surface area contributed by atoms with Gasteiger partial charge in [0.15, 0.2) is 0 Å². The minimum absolute atomic E-state index is 0.0142. The van der Waals surface area contributed by atoms with Crippen molar-refractivity contribution in [3.8, 4) is 11.5 Å². The van der Waals surface area contributed by atoms with E-state index in [4.69, 9.17) is 9.47 Å². The summed E-state index contributed by atoms with van der Waals surface area (Å²) < 4.78 is 13.4. The van der Waals surface area contributed by atoms with Crippen molar-refractivity contribution in [2.45, 2.75) is 184 Å². The van der Waals surface area contributed by atoms with E-state index in [9.17, 15) is 0 Å². The van der Waals surface area contributed by atoms with Gasteiger partial charge in [-0.3, -0.25) is 0 Å². The van der Waals surface area contributed by atoms with Crippen LogP contribution >= 0.6 is 0 Å². The molecule has 0 aliphatic heterocycles. The van der Waals surface area contributed by atoms with Gasteiger partial charge in [-0.05, 0) is 59.5 Å². The maximum absolute atomic E-state index is 6.69. The van der Waals surface area contributed by atoms with Gasteiger partial charge in [0.1, 0.15) is 11.5 Å². The third-order valence-corrected chi connectivity index (χ3v) is 8.00. The Bertz CT molecular complexity index is 749. The van der Waals surface area contributed by atoms with Crippen molar-refractivity contribution in [1.82, 2.24) is 0 Å². The van der Waals surface area contributed by atoms with Crippen molar-refractivity contribution >= 4 is 0 Å². The molecule has 0 heterocycles. The molecule has 0 aliphatic rings. The molecule has 0 aromatic heterocycles. The molecule has 0 saturated carbocycles. The normalized spacial score (nSPS) is 13.1. The van der Waals surface area contributed by atoms with Crippen LogP contribution in [0.3, 0.4) is 0 Å². The molecule has 40 heavy (non-hydrogen) atoms. The molecule has 0 spiro atoms. The fourth-order valence-corrected chi connectivity index (χ4v) is 6.83. The van der Waals surface area contributed by atoms with Gasteiger partial charge in [-0.2, -0.15) is 0 Å². The van der Waals surface area contributed by atoms with Crippen molar-refractivity contribution in [3.05, 3.63) is 23.3 Å². The van der Waals surface area contributed by atoms with E-state index in [-0.39, 0.29) is 21.7 Å². The number of hydrogen-bond acceptors (Lipinski definition) is 2. The van der Waals surface area contributed by atoms with E-state index >= 15 is 0 Å². The summed E-state index contributed by atoms with van der Waals surface area (Å²) in [6.07, 6.45) is 17.5. The van der Waals surface area contributed by atoms with E-state index in [1.165, 1.54) is 75.3 Å². The molecule has 234 valence electrons. The molecule has 0 aliphatic carbocycles. The molecular weight excluding hydrogens is 488 g/mol. The highest BCUT2D eigenvalue weighted by Crippen LogP contribution is 2.47. The maximum atomic E-state index is 6.69. The molecule has 0 bridgehead atoms. The van der Waals surface area contributed by atoms with Crippen LogP contribution in [-0.4, -0.2) is 13.2 Å². The van der Waals surface area contributed by atoms with E-state index in [2.05, 4.69) is 95.2 Å². The summed E-state index contributed by atoms with van der Waals surface area (Å²) in [5, 5.41) is 0. The first-order valence-corrected chi connectivity index (χ1v) is 17.0. The Balaban J connectivity index is 3.37. The standard InChI is InChI=1S/C38H70O2/c1-13-15-17-19-21-23-25-39-33-27-32(38(11,12)30-36(6,7)8)34(40-26-24-22-20-18-16-14-2)28-31(33)37(9,10)29-35(3,4)5/h27-28H,13-26,29-30H2,1-12H3. The van der Waals surface area contributed by atoms with Gasteiger partial charge in [0, 0.05) is 11.1 Å². The summed E-state index contributed by atoms with van der Waals surface area (Å²) in [5.74, 6) is 2.15. The Hall–Kier alpha value is -1.18. The topological polar surface area (TPSA) is 18.5 Å². The summed E-state index contributed by atoms with van der Waals surface area (Å²) in [6.45, 7) is 29.8. The molecule has 0 N–H and O–H groups in total. The molecule has 0 radical (unpaired) electrons. The van der Waals surface area contributed by atoms with Crippen molar-refractivity contribution in [2.24, 2.45) is 10.8 Å². The minimum atomic E-state index is -0.0142. The highest BCUT2D eigenvalue weighted by Gasteiger charge is 2.35. The smallest absolute Gasteiger partial charge is 0.123 e. The first kappa shape index (κ1) is 36.8. The number of hydrogen-bond donors (Lipinski definition) is 0. The van der Waals surface area contributed by atoms with Crippen molar-refractivity contribution < 1.29 is 9.47 Å². The Morgan fingerprint density at radius 3 is 1.05 bits per heavy atom. The van der Waals surface area contributed by atoms with Crippen molar-refractivity contribution in [2.75, 3.05) is 13.2 Å². The molecule has 1 rings (SSSR count). The van der Waals surface area contributed by atoms with Crippen LogP contribution in [0.25, 0.3) is 0 Å². The third-order valence-electron chi connectivity index (χ3n) is 8.00. The average Bonchev–Trinajstić information content (AvgIpc) is 2.80. The summed E-state index contributed by atoms with van der Waals surface area (Å²) in [4.78, 5) is 0. The quantitative estimate of drug-likeness (QED) is 0.148. The number of ether oxygens (including phenoxy) is 2. The van der Waals surface area contributed by atoms with Gasteiger partial charge < -0.3 is 9.47 Å². The number of benzene rings is 1. The van der Waals surface area contributed by atoms with Crippen LogP contribution in [0.4, 0.5) is 0 Å². The van der Waals surface area contributed by atoms with Gasteiger partial charge in [0.25, 0.3) is 0 Å². The van der Waals surface area contributed by atoms with Gasteiger partial charge in [-0.1, -0.05) is 147 Å². The molecule has 1 aromatic carbocycles. The predicted molar refractivity (Wildman–Crippen MR) is 178 cm³/mol. The lowest BCUT2D eigenvalue weighted by molar-refractivity contribution is 0.248. The molecule has 0 unspecified atom stereocenters. The van der Waals surface area contributed by atoms with Gasteiger partial charge >= 0.3 is 0 Å². The van der Waals surface area contributed by atoms with Gasteiger partial charge in [-0.15, -0.1) is 0 Å². The lowest BCUT2D eigenvalue weighted by Gasteiger charge is -2.37. The first-order valence-electron chi connectivity index (χ1n) is 17.0. The molecular formula is C38H70O2. The second-order valence-electron chi connectivity index (χ2n) is 16.3. The zero-order valence-electron chi connectivity index (χ0n) is 29.3. The summed E-state index contributed by atoms with van der Waals surface area (Å²) in [6, 6.07) is 4.75. The average molecular weight is 559 g/mol. The summed E-state index contributed by atoms with van der Waals surface area (Å²) in [7, 11) is 0. The highest BCUT2D eigenvalue weighted by molar-refractivity contribution is 5.52. The molecule has 0 fully saturated rings. The van der Waals surface area contributed by atoms with Crippen LogP contribution in [-0.2, 0) is 10.8 Å². The van der Waals surface area contributed by atoms with E-state index in [0.717, 1.165) is 50.4 Å². The largest absolute Gasteiger partial charge is 0.493 e. The predicted octanol–water partition coefficient (Wildman–Crippen LogP) is 12.6. The fraction of sp³-hybridized carbons (Fsp3) is 0.842. The molecule has 0 saturated heterocycles. The zero-order valence-corrected chi connectivity index (χ0v) is 29.3. The Kier molecular flexibility index (Phi) is 15.7. The lowest BCUT2D eigenvalue weighted by Crippen LogP contribution is -2.28. The van der Waals surface area contributed by atoms with Crippen LogP contribution < -0.4 is 9.47 Å². The molecule has 2 heteroatoms. The van der Waals surface area contributed by atoms with Gasteiger partial charge in [-0.25, -0.2) is 0 Å². The van der Waals surface area contributed by atoms with E-state index in [1.807, 2.05) is 0 Å². The molecule has 1 aromatic rings. The maximum Gasteiger partial charge on any atom is 0.123 e. The Morgan fingerprint density at radius 1 is 0.450 bits per heavy atom. The van der Waals surface area contributed by atoms with Crippen LogP contribution in [0, 0.1) is 10.8 Å². The first-order chi connectivity index (χ1) is 18.5. The van der Waals surface area contributed by atoms with Crippen LogP contribution in [0.2, 0.25) is 0 Å². The van der Waals surface area contributed by atoms with E-state index in [1.54, 1.807) is 0 Å².